The third-order valence-electron chi connectivity index (χ3n) is 7.20. The maximum absolute atomic E-state index is 13.2. The average Bonchev–Trinajstić information content (AvgIpc) is 3.27. The van der Waals surface area contributed by atoms with Crippen LogP contribution >= 0.6 is 0 Å². The highest BCUT2D eigenvalue weighted by Crippen LogP contribution is 2.49. The number of ether oxygens (including phenoxy) is 1. The molecule has 1 amide bonds. The molecular formula is C22H36N4O2. The normalized spacial score (nSPS) is 25.7. The Kier molecular flexibility index (Phi) is 6.04. The predicted molar refractivity (Wildman–Crippen MR) is 108 cm³/mol. The molecule has 2 saturated heterocycles. The number of rotatable bonds is 5. The highest BCUT2D eigenvalue weighted by Gasteiger charge is 2.51. The fraction of sp³-hybridized carbons (Fsp3) is 0.864. The number of carbonyl (C=O) groups is 1. The summed E-state index contributed by atoms with van der Waals surface area (Å²) >= 11 is 0. The van der Waals surface area contributed by atoms with Gasteiger partial charge in [-0.1, -0.05) is 33.1 Å². The van der Waals surface area contributed by atoms with Crippen molar-refractivity contribution in [3.63, 3.8) is 0 Å². The quantitative estimate of drug-likeness (QED) is 0.773. The number of nitrogens with zero attached hydrogens (tertiary/aromatic N) is 4. The summed E-state index contributed by atoms with van der Waals surface area (Å²) in [5.74, 6) is 2.84. The molecule has 1 aromatic heterocycles. The summed E-state index contributed by atoms with van der Waals surface area (Å²) in [6, 6.07) is 0. The van der Waals surface area contributed by atoms with E-state index in [0.717, 1.165) is 57.9 Å². The summed E-state index contributed by atoms with van der Waals surface area (Å²) in [7, 11) is 0. The van der Waals surface area contributed by atoms with Crippen LogP contribution in [0.2, 0.25) is 0 Å². The Morgan fingerprint density at radius 3 is 2.71 bits per heavy atom. The van der Waals surface area contributed by atoms with Crippen molar-refractivity contribution in [1.82, 2.24) is 19.7 Å². The van der Waals surface area contributed by atoms with Gasteiger partial charge in [0, 0.05) is 50.6 Å². The zero-order valence-electron chi connectivity index (χ0n) is 17.6. The Hall–Kier alpha value is -1.43. The van der Waals surface area contributed by atoms with Gasteiger partial charge in [0.15, 0.2) is 0 Å². The Morgan fingerprint density at radius 2 is 2.00 bits per heavy atom. The van der Waals surface area contributed by atoms with E-state index < -0.39 is 0 Å². The average molecular weight is 389 g/mol. The van der Waals surface area contributed by atoms with Crippen molar-refractivity contribution in [1.29, 1.82) is 0 Å². The van der Waals surface area contributed by atoms with E-state index in [0.29, 0.717) is 17.7 Å². The van der Waals surface area contributed by atoms with Crippen molar-refractivity contribution in [3.05, 3.63) is 12.2 Å². The van der Waals surface area contributed by atoms with Gasteiger partial charge in [0.2, 0.25) is 5.91 Å². The van der Waals surface area contributed by atoms with Crippen molar-refractivity contribution in [2.24, 2.45) is 17.3 Å². The van der Waals surface area contributed by atoms with Crippen molar-refractivity contribution in [2.45, 2.75) is 77.7 Å². The summed E-state index contributed by atoms with van der Waals surface area (Å²) in [4.78, 5) is 15.3. The molecule has 0 bridgehead atoms. The molecule has 28 heavy (non-hydrogen) atoms. The van der Waals surface area contributed by atoms with Gasteiger partial charge in [0.1, 0.15) is 12.2 Å². The molecule has 3 heterocycles. The van der Waals surface area contributed by atoms with Crippen molar-refractivity contribution < 1.29 is 9.53 Å². The lowest BCUT2D eigenvalue weighted by Crippen LogP contribution is -2.38. The first-order valence-electron chi connectivity index (χ1n) is 11.3. The van der Waals surface area contributed by atoms with E-state index in [1.54, 1.807) is 0 Å². The van der Waals surface area contributed by atoms with E-state index in [9.17, 15) is 4.79 Å². The zero-order valence-corrected chi connectivity index (χ0v) is 17.6. The molecule has 1 unspecified atom stereocenters. The summed E-state index contributed by atoms with van der Waals surface area (Å²) in [5, 5.41) is 8.78. The predicted octanol–water partition coefficient (Wildman–Crippen LogP) is 3.63. The van der Waals surface area contributed by atoms with Gasteiger partial charge in [0.25, 0.3) is 0 Å². The number of likely N-dealkylation sites (tertiary alicyclic amines) is 1. The number of amides is 1. The van der Waals surface area contributed by atoms with Crippen LogP contribution in [0.15, 0.2) is 6.33 Å². The summed E-state index contributed by atoms with van der Waals surface area (Å²) in [6.07, 6.45) is 11.0. The first kappa shape index (κ1) is 19.9. The van der Waals surface area contributed by atoms with Gasteiger partial charge in [-0.15, -0.1) is 10.2 Å². The molecule has 0 N–H and O–H groups in total. The maximum atomic E-state index is 13.2. The first-order chi connectivity index (χ1) is 13.6. The van der Waals surface area contributed by atoms with Crippen LogP contribution in [-0.4, -0.2) is 51.9 Å². The molecule has 0 aromatic carbocycles. The fourth-order valence-corrected chi connectivity index (χ4v) is 5.63. The van der Waals surface area contributed by atoms with Gasteiger partial charge >= 0.3 is 0 Å². The monoisotopic (exact) mass is 388 g/mol. The van der Waals surface area contributed by atoms with E-state index in [1.807, 2.05) is 6.33 Å². The van der Waals surface area contributed by atoms with E-state index in [4.69, 9.17) is 4.74 Å². The number of hydrogen-bond acceptors (Lipinski definition) is 4. The lowest BCUT2D eigenvalue weighted by Gasteiger charge is -2.37. The van der Waals surface area contributed by atoms with Crippen LogP contribution in [0.1, 0.15) is 77.0 Å². The second kappa shape index (κ2) is 8.52. The number of aromatic nitrogens is 3. The largest absolute Gasteiger partial charge is 0.381 e. The minimum atomic E-state index is 0.0994. The van der Waals surface area contributed by atoms with Crippen molar-refractivity contribution in [3.8, 4) is 0 Å². The number of hydrogen-bond donors (Lipinski definition) is 0. The third kappa shape index (κ3) is 4.12. The van der Waals surface area contributed by atoms with Gasteiger partial charge < -0.3 is 14.2 Å². The van der Waals surface area contributed by atoms with Crippen LogP contribution in [-0.2, 0) is 16.1 Å². The van der Waals surface area contributed by atoms with Crippen LogP contribution in [0, 0.1) is 17.3 Å². The van der Waals surface area contributed by atoms with Crippen molar-refractivity contribution in [2.75, 3.05) is 26.3 Å². The summed E-state index contributed by atoms with van der Waals surface area (Å²) in [6.45, 7) is 8.62. The summed E-state index contributed by atoms with van der Waals surface area (Å²) in [5.41, 5.74) is 0.0994. The van der Waals surface area contributed by atoms with Gasteiger partial charge in [-0.3, -0.25) is 4.79 Å². The molecule has 1 aromatic rings. The topological polar surface area (TPSA) is 60.2 Å². The van der Waals surface area contributed by atoms with Gasteiger partial charge in [-0.2, -0.15) is 0 Å². The minimum Gasteiger partial charge on any atom is -0.381 e. The molecule has 1 spiro atoms. The second-order valence-electron chi connectivity index (χ2n) is 9.75. The second-order valence-corrected chi connectivity index (χ2v) is 9.75. The maximum Gasteiger partial charge on any atom is 0.222 e. The highest BCUT2D eigenvalue weighted by atomic mass is 16.5. The van der Waals surface area contributed by atoms with Gasteiger partial charge in [-0.05, 0) is 37.5 Å². The molecule has 2 aliphatic heterocycles. The molecule has 6 heteroatoms. The molecule has 0 radical (unpaired) electrons. The lowest BCUT2D eigenvalue weighted by molar-refractivity contribution is -0.132. The van der Waals surface area contributed by atoms with E-state index >= 15 is 0 Å². The minimum absolute atomic E-state index is 0.0994. The van der Waals surface area contributed by atoms with Crippen molar-refractivity contribution >= 4 is 5.91 Å². The van der Waals surface area contributed by atoms with E-state index in [-0.39, 0.29) is 11.3 Å². The fourth-order valence-electron chi connectivity index (χ4n) is 5.63. The third-order valence-corrected chi connectivity index (χ3v) is 7.20. The molecule has 1 saturated carbocycles. The molecular weight excluding hydrogens is 352 g/mol. The smallest absolute Gasteiger partial charge is 0.222 e. The van der Waals surface area contributed by atoms with Crippen LogP contribution in [0.3, 0.4) is 0 Å². The Balaban J connectivity index is 1.53. The van der Waals surface area contributed by atoms with Crippen LogP contribution in [0.25, 0.3) is 0 Å². The van der Waals surface area contributed by atoms with Gasteiger partial charge in [-0.25, -0.2) is 0 Å². The molecule has 3 aliphatic rings. The van der Waals surface area contributed by atoms with Crippen LogP contribution in [0.4, 0.5) is 0 Å². The molecule has 1 aliphatic carbocycles. The lowest BCUT2D eigenvalue weighted by atomic mass is 9.71. The van der Waals surface area contributed by atoms with E-state index in [2.05, 4.69) is 33.5 Å². The molecule has 6 nitrogen and oxygen atoms in total. The molecule has 3 fully saturated rings. The number of carbonyl (C=O) groups excluding carboxylic acids is 1. The molecule has 4 rings (SSSR count). The Labute approximate surface area is 169 Å². The first-order valence-corrected chi connectivity index (χ1v) is 11.3. The van der Waals surface area contributed by atoms with Gasteiger partial charge in [0.05, 0.1) is 0 Å². The summed E-state index contributed by atoms with van der Waals surface area (Å²) < 4.78 is 7.91. The Bertz CT molecular complexity index is 659. The highest BCUT2D eigenvalue weighted by molar-refractivity contribution is 5.77. The Morgan fingerprint density at radius 1 is 1.25 bits per heavy atom. The molecule has 156 valence electrons. The zero-order chi connectivity index (χ0) is 19.6. The molecule has 1 atom stereocenters. The SMILES string of the molecule is CC(C)Cn1cnnc1C1CN(C(=O)CC2CCCCC2)CC12CCOCC2. The van der Waals surface area contributed by atoms with E-state index in [1.165, 1.54) is 32.1 Å². The van der Waals surface area contributed by atoms with Crippen LogP contribution in [0.5, 0.6) is 0 Å². The standard InChI is InChI=1S/C22H36N4O2/c1-17(2)13-26-16-23-24-21(26)19-14-25(15-22(19)8-10-28-11-9-22)20(27)12-18-6-4-3-5-7-18/h16-19H,3-15H2,1-2H3. The van der Waals surface area contributed by atoms with Crippen LogP contribution < -0.4 is 0 Å².